The highest BCUT2D eigenvalue weighted by Crippen LogP contribution is 2.14. The molecule has 0 heterocycles. The van der Waals surface area contributed by atoms with E-state index in [4.69, 9.17) is 0 Å². The molecule has 0 unspecified atom stereocenters. The molecule has 0 aliphatic carbocycles. The number of nitrogens with zero attached hydrogens (tertiary/aromatic N) is 1. The smallest absolute Gasteiger partial charge is 0.234 e. The van der Waals surface area contributed by atoms with E-state index in [0.717, 1.165) is 6.42 Å². The molecule has 19 heavy (non-hydrogen) atoms. The van der Waals surface area contributed by atoms with Gasteiger partial charge in [0, 0.05) is 18.7 Å². The number of hydrogen-bond donors (Lipinski definition) is 1. The van der Waals surface area contributed by atoms with Crippen LogP contribution in [-0.2, 0) is 11.3 Å². The van der Waals surface area contributed by atoms with Crippen LogP contribution in [0.1, 0.15) is 25.8 Å². The summed E-state index contributed by atoms with van der Waals surface area (Å²) in [5.41, 5.74) is 0.00708. The maximum atomic E-state index is 13.5. The van der Waals surface area contributed by atoms with E-state index in [1.54, 1.807) is 4.90 Å². The highest BCUT2D eigenvalue weighted by atomic mass is 19.1. The lowest BCUT2D eigenvalue weighted by atomic mass is 10.2. The summed E-state index contributed by atoms with van der Waals surface area (Å²) in [5, 5.41) is 2.74. The zero-order valence-electron chi connectivity index (χ0n) is 11.4. The SMILES string of the molecule is CCCNC(=O)CN(CC)Cc1c(F)cccc1F. The Morgan fingerprint density at radius 3 is 2.42 bits per heavy atom. The number of likely N-dealkylation sites (N-methyl/N-ethyl adjacent to an activating group) is 1. The summed E-state index contributed by atoms with van der Waals surface area (Å²) in [6.07, 6.45) is 0.861. The number of carbonyl (C=O) groups excluding carboxylic acids is 1. The Labute approximate surface area is 112 Å². The molecular weight excluding hydrogens is 250 g/mol. The maximum Gasteiger partial charge on any atom is 0.234 e. The van der Waals surface area contributed by atoms with Gasteiger partial charge in [-0.2, -0.15) is 0 Å². The fourth-order valence-electron chi connectivity index (χ4n) is 1.71. The molecule has 3 nitrogen and oxygen atoms in total. The van der Waals surface area contributed by atoms with Crippen molar-refractivity contribution in [3.8, 4) is 0 Å². The molecule has 0 spiro atoms. The van der Waals surface area contributed by atoms with Crippen molar-refractivity contribution in [1.29, 1.82) is 0 Å². The van der Waals surface area contributed by atoms with Crippen LogP contribution in [0.5, 0.6) is 0 Å². The van der Waals surface area contributed by atoms with Gasteiger partial charge >= 0.3 is 0 Å². The van der Waals surface area contributed by atoms with E-state index in [2.05, 4.69) is 5.32 Å². The number of rotatable bonds is 7. The van der Waals surface area contributed by atoms with Crippen LogP contribution >= 0.6 is 0 Å². The molecule has 1 N–H and O–H groups in total. The lowest BCUT2D eigenvalue weighted by molar-refractivity contribution is -0.122. The molecule has 0 radical (unpaired) electrons. The second-order valence-corrected chi connectivity index (χ2v) is 4.35. The molecule has 1 aromatic rings. The molecule has 0 aromatic heterocycles. The van der Waals surface area contributed by atoms with Crippen molar-refractivity contribution in [2.24, 2.45) is 0 Å². The first-order valence-electron chi connectivity index (χ1n) is 6.50. The first-order chi connectivity index (χ1) is 9.08. The van der Waals surface area contributed by atoms with Crippen molar-refractivity contribution in [1.82, 2.24) is 10.2 Å². The van der Waals surface area contributed by atoms with Crippen LogP contribution in [0, 0.1) is 11.6 Å². The van der Waals surface area contributed by atoms with E-state index in [0.29, 0.717) is 13.1 Å². The molecule has 0 aliphatic rings. The van der Waals surface area contributed by atoms with E-state index in [1.165, 1.54) is 18.2 Å². The predicted octanol–water partition coefficient (Wildman–Crippen LogP) is 2.31. The lowest BCUT2D eigenvalue weighted by Gasteiger charge is -2.20. The summed E-state index contributed by atoms with van der Waals surface area (Å²) < 4.78 is 27.0. The van der Waals surface area contributed by atoms with Crippen molar-refractivity contribution < 1.29 is 13.6 Å². The summed E-state index contributed by atoms with van der Waals surface area (Å²) in [5.74, 6) is -1.28. The fourth-order valence-corrected chi connectivity index (χ4v) is 1.71. The molecule has 5 heteroatoms. The number of amides is 1. The van der Waals surface area contributed by atoms with Gasteiger partial charge in [0.05, 0.1) is 6.54 Å². The summed E-state index contributed by atoms with van der Waals surface area (Å²) in [6, 6.07) is 3.78. The van der Waals surface area contributed by atoms with Gasteiger partial charge in [-0.05, 0) is 25.1 Å². The zero-order chi connectivity index (χ0) is 14.3. The van der Waals surface area contributed by atoms with Crippen molar-refractivity contribution in [3.63, 3.8) is 0 Å². The van der Waals surface area contributed by atoms with Crippen LogP contribution in [0.15, 0.2) is 18.2 Å². The molecule has 106 valence electrons. The van der Waals surface area contributed by atoms with E-state index in [-0.39, 0.29) is 24.6 Å². The summed E-state index contributed by atoms with van der Waals surface area (Å²) in [6.45, 7) is 5.22. The quantitative estimate of drug-likeness (QED) is 0.824. The van der Waals surface area contributed by atoms with Crippen molar-refractivity contribution in [3.05, 3.63) is 35.4 Å². The highest BCUT2D eigenvalue weighted by Gasteiger charge is 2.14. The fraction of sp³-hybridized carbons (Fsp3) is 0.500. The Kier molecular flexibility index (Phi) is 6.42. The Hall–Kier alpha value is -1.49. The maximum absolute atomic E-state index is 13.5. The minimum atomic E-state index is -0.576. The van der Waals surface area contributed by atoms with Crippen molar-refractivity contribution >= 4 is 5.91 Å². The van der Waals surface area contributed by atoms with Gasteiger partial charge in [0.15, 0.2) is 0 Å². The first kappa shape index (κ1) is 15.6. The normalized spacial score (nSPS) is 10.8. The molecule has 0 saturated carbocycles. The monoisotopic (exact) mass is 270 g/mol. The number of benzene rings is 1. The van der Waals surface area contributed by atoms with Gasteiger partial charge in [0.25, 0.3) is 0 Å². The number of carbonyl (C=O) groups is 1. The van der Waals surface area contributed by atoms with Gasteiger partial charge in [0.1, 0.15) is 11.6 Å². The molecule has 0 bridgehead atoms. The Morgan fingerprint density at radius 1 is 1.26 bits per heavy atom. The standard InChI is InChI=1S/C14H20F2N2O/c1-3-8-17-14(19)10-18(4-2)9-11-12(15)6-5-7-13(11)16/h5-7H,3-4,8-10H2,1-2H3,(H,17,19). The zero-order valence-corrected chi connectivity index (χ0v) is 11.4. The molecule has 1 aromatic carbocycles. The molecule has 0 aliphatic heterocycles. The van der Waals surface area contributed by atoms with Gasteiger partial charge < -0.3 is 5.32 Å². The summed E-state index contributed by atoms with van der Waals surface area (Å²) >= 11 is 0. The van der Waals surface area contributed by atoms with Gasteiger partial charge in [0.2, 0.25) is 5.91 Å². The van der Waals surface area contributed by atoms with E-state index in [1.807, 2.05) is 13.8 Å². The van der Waals surface area contributed by atoms with E-state index in [9.17, 15) is 13.6 Å². The third-order valence-electron chi connectivity index (χ3n) is 2.83. The molecule has 0 atom stereocenters. The second-order valence-electron chi connectivity index (χ2n) is 4.35. The predicted molar refractivity (Wildman–Crippen MR) is 70.6 cm³/mol. The molecule has 1 amide bonds. The van der Waals surface area contributed by atoms with Gasteiger partial charge in [-0.15, -0.1) is 0 Å². The van der Waals surface area contributed by atoms with Gasteiger partial charge in [-0.1, -0.05) is 19.9 Å². The third kappa shape index (κ3) is 4.95. The second kappa shape index (κ2) is 7.84. The average Bonchev–Trinajstić information content (AvgIpc) is 2.39. The minimum Gasteiger partial charge on any atom is -0.355 e. The van der Waals surface area contributed by atoms with Crippen LogP contribution < -0.4 is 5.32 Å². The van der Waals surface area contributed by atoms with E-state index >= 15 is 0 Å². The van der Waals surface area contributed by atoms with Crippen LogP contribution in [0.4, 0.5) is 8.78 Å². The van der Waals surface area contributed by atoms with Crippen LogP contribution in [0.2, 0.25) is 0 Å². The molecule has 0 fully saturated rings. The van der Waals surface area contributed by atoms with E-state index < -0.39 is 11.6 Å². The van der Waals surface area contributed by atoms with Gasteiger partial charge in [-0.3, -0.25) is 9.69 Å². The average molecular weight is 270 g/mol. The highest BCUT2D eigenvalue weighted by molar-refractivity contribution is 5.77. The topological polar surface area (TPSA) is 32.3 Å². The largest absolute Gasteiger partial charge is 0.355 e. The number of halogens is 2. The van der Waals surface area contributed by atoms with Crippen LogP contribution in [0.25, 0.3) is 0 Å². The summed E-state index contributed by atoms with van der Waals surface area (Å²) in [7, 11) is 0. The Balaban J connectivity index is 2.64. The number of nitrogens with one attached hydrogen (secondary N) is 1. The Morgan fingerprint density at radius 2 is 1.89 bits per heavy atom. The molecule has 0 saturated heterocycles. The van der Waals surface area contributed by atoms with Crippen molar-refractivity contribution in [2.75, 3.05) is 19.6 Å². The third-order valence-corrected chi connectivity index (χ3v) is 2.83. The number of hydrogen-bond acceptors (Lipinski definition) is 2. The van der Waals surface area contributed by atoms with Crippen molar-refractivity contribution in [2.45, 2.75) is 26.8 Å². The summed E-state index contributed by atoms with van der Waals surface area (Å²) in [4.78, 5) is 13.3. The van der Waals surface area contributed by atoms with Gasteiger partial charge in [-0.25, -0.2) is 8.78 Å². The van der Waals surface area contributed by atoms with Crippen LogP contribution in [-0.4, -0.2) is 30.4 Å². The minimum absolute atomic E-state index is 0.00708. The lowest BCUT2D eigenvalue weighted by Crippen LogP contribution is -2.37. The molecular formula is C14H20F2N2O. The first-order valence-corrected chi connectivity index (χ1v) is 6.50. The van der Waals surface area contributed by atoms with Crippen LogP contribution in [0.3, 0.4) is 0 Å². The Bertz CT molecular complexity index is 404. The molecule has 1 rings (SSSR count).